The van der Waals surface area contributed by atoms with Crippen molar-refractivity contribution < 1.29 is 4.74 Å². The summed E-state index contributed by atoms with van der Waals surface area (Å²) in [6.45, 7) is 3.40. The van der Waals surface area contributed by atoms with Gasteiger partial charge in [-0.3, -0.25) is 5.10 Å². The molecule has 0 aliphatic carbocycles. The lowest BCUT2D eigenvalue weighted by Gasteiger charge is -2.28. The fourth-order valence-corrected chi connectivity index (χ4v) is 3.41. The largest absolute Gasteiger partial charge is 0.378 e. The quantitative estimate of drug-likeness (QED) is 0.481. The first-order valence-electron chi connectivity index (χ1n) is 9.57. The standard InChI is InChI=1S/C21H21N7O/c1-2-18(17-14-23-27-19(17)3-1)25-20-8-9-22-21(26-20)24-15-4-6-16(7-5-15)28-10-12-29-13-11-28/h1-9,14H,10-13H2,(H,23,27)(H2,22,24,25,26). The molecule has 29 heavy (non-hydrogen) atoms. The third-order valence-corrected chi connectivity index (χ3v) is 4.90. The Morgan fingerprint density at radius 2 is 1.83 bits per heavy atom. The Kier molecular flexibility index (Phi) is 4.67. The van der Waals surface area contributed by atoms with Crippen molar-refractivity contribution in [3.63, 3.8) is 0 Å². The van der Waals surface area contributed by atoms with Crippen LogP contribution in [0.1, 0.15) is 0 Å². The molecule has 8 nitrogen and oxygen atoms in total. The van der Waals surface area contributed by atoms with E-state index in [1.54, 1.807) is 12.4 Å². The van der Waals surface area contributed by atoms with Gasteiger partial charge in [-0.2, -0.15) is 10.1 Å². The third kappa shape index (κ3) is 3.83. The van der Waals surface area contributed by atoms with Gasteiger partial charge in [0, 0.05) is 36.0 Å². The normalized spacial score (nSPS) is 14.1. The van der Waals surface area contributed by atoms with Crippen LogP contribution in [0.2, 0.25) is 0 Å². The molecule has 4 aromatic rings. The molecule has 146 valence electrons. The van der Waals surface area contributed by atoms with E-state index in [4.69, 9.17) is 4.74 Å². The minimum absolute atomic E-state index is 0.536. The highest BCUT2D eigenvalue weighted by atomic mass is 16.5. The molecule has 1 aliphatic heterocycles. The first kappa shape index (κ1) is 17.4. The predicted molar refractivity (Wildman–Crippen MR) is 114 cm³/mol. The van der Waals surface area contributed by atoms with Crippen molar-refractivity contribution in [2.45, 2.75) is 0 Å². The van der Waals surface area contributed by atoms with Crippen LogP contribution in [-0.2, 0) is 4.74 Å². The molecule has 1 saturated heterocycles. The number of aromatic nitrogens is 4. The van der Waals surface area contributed by atoms with E-state index in [1.165, 1.54) is 5.69 Å². The Morgan fingerprint density at radius 3 is 2.69 bits per heavy atom. The van der Waals surface area contributed by atoms with E-state index in [2.05, 4.69) is 47.8 Å². The van der Waals surface area contributed by atoms with E-state index in [0.717, 1.165) is 48.6 Å². The summed E-state index contributed by atoms with van der Waals surface area (Å²) < 4.78 is 5.42. The van der Waals surface area contributed by atoms with Crippen molar-refractivity contribution in [3.05, 3.63) is 60.9 Å². The van der Waals surface area contributed by atoms with Gasteiger partial charge in [0.1, 0.15) is 5.82 Å². The lowest BCUT2D eigenvalue weighted by Crippen LogP contribution is -2.36. The van der Waals surface area contributed by atoms with Crippen LogP contribution in [0.5, 0.6) is 0 Å². The lowest BCUT2D eigenvalue weighted by atomic mass is 10.2. The van der Waals surface area contributed by atoms with Crippen molar-refractivity contribution in [1.29, 1.82) is 0 Å². The molecule has 1 fully saturated rings. The van der Waals surface area contributed by atoms with Gasteiger partial charge in [-0.15, -0.1) is 0 Å². The summed E-state index contributed by atoms with van der Waals surface area (Å²) in [4.78, 5) is 11.2. The number of anilines is 5. The fourth-order valence-electron chi connectivity index (χ4n) is 3.41. The van der Waals surface area contributed by atoms with Crippen LogP contribution in [0.3, 0.4) is 0 Å². The highest BCUT2D eigenvalue weighted by molar-refractivity contribution is 5.92. The summed E-state index contributed by atoms with van der Waals surface area (Å²) in [5.74, 6) is 1.25. The maximum Gasteiger partial charge on any atom is 0.229 e. The summed E-state index contributed by atoms with van der Waals surface area (Å²) >= 11 is 0. The zero-order chi connectivity index (χ0) is 19.5. The number of hydrogen-bond acceptors (Lipinski definition) is 7. The lowest BCUT2D eigenvalue weighted by molar-refractivity contribution is 0.122. The maximum atomic E-state index is 5.42. The van der Waals surface area contributed by atoms with Gasteiger partial charge in [-0.25, -0.2) is 4.98 Å². The Bertz CT molecular complexity index is 1100. The average molecular weight is 387 g/mol. The van der Waals surface area contributed by atoms with Gasteiger partial charge in [0.2, 0.25) is 5.95 Å². The number of nitrogens with zero attached hydrogens (tertiary/aromatic N) is 4. The predicted octanol–water partition coefficient (Wildman–Crippen LogP) is 3.68. The summed E-state index contributed by atoms with van der Waals surface area (Å²) in [7, 11) is 0. The van der Waals surface area contributed by atoms with Crippen LogP contribution in [-0.4, -0.2) is 46.5 Å². The summed E-state index contributed by atoms with van der Waals surface area (Å²) in [6, 6.07) is 16.1. The number of nitrogens with one attached hydrogen (secondary N) is 3. The zero-order valence-corrected chi connectivity index (χ0v) is 15.8. The molecule has 3 N–H and O–H groups in total. The second-order valence-electron chi connectivity index (χ2n) is 6.80. The van der Waals surface area contributed by atoms with Crippen molar-refractivity contribution in [1.82, 2.24) is 20.2 Å². The van der Waals surface area contributed by atoms with E-state index in [1.807, 2.05) is 36.4 Å². The van der Waals surface area contributed by atoms with Crippen molar-refractivity contribution in [2.75, 3.05) is 41.8 Å². The molecule has 0 spiro atoms. The number of morpholine rings is 1. The van der Waals surface area contributed by atoms with E-state index in [0.29, 0.717) is 11.8 Å². The van der Waals surface area contributed by atoms with Gasteiger partial charge in [0.25, 0.3) is 0 Å². The number of aromatic amines is 1. The SMILES string of the molecule is c1cc(Nc2ccnc(Nc3ccc(N4CCOCC4)cc3)n2)c2cn[nH]c2c1. The Hall–Kier alpha value is -3.65. The number of ether oxygens (including phenoxy) is 1. The maximum absolute atomic E-state index is 5.42. The fraction of sp³-hybridized carbons (Fsp3) is 0.190. The van der Waals surface area contributed by atoms with Crippen LogP contribution in [0.25, 0.3) is 10.9 Å². The number of H-pyrrole nitrogens is 1. The van der Waals surface area contributed by atoms with E-state index < -0.39 is 0 Å². The van der Waals surface area contributed by atoms with Crippen molar-refractivity contribution in [2.24, 2.45) is 0 Å². The molecule has 0 bridgehead atoms. The molecular weight excluding hydrogens is 366 g/mol. The summed E-state index contributed by atoms with van der Waals surface area (Å²) in [5.41, 5.74) is 4.05. The molecule has 2 aromatic heterocycles. The van der Waals surface area contributed by atoms with Crippen LogP contribution in [0, 0.1) is 0 Å². The summed E-state index contributed by atoms with van der Waals surface area (Å²) in [6.07, 6.45) is 3.53. The molecule has 1 aliphatic rings. The van der Waals surface area contributed by atoms with Crippen LogP contribution < -0.4 is 15.5 Å². The van der Waals surface area contributed by atoms with E-state index in [-0.39, 0.29) is 0 Å². The van der Waals surface area contributed by atoms with Gasteiger partial charge in [-0.1, -0.05) is 6.07 Å². The number of rotatable bonds is 5. The van der Waals surface area contributed by atoms with Gasteiger partial charge in [-0.05, 0) is 42.5 Å². The Balaban J connectivity index is 1.30. The molecule has 0 unspecified atom stereocenters. The number of benzene rings is 2. The molecule has 8 heteroatoms. The highest BCUT2D eigenvalue weighted by Crippen LogP contribution is 2.25. The smallest absolute Gasteiger partial charge is 0.229 e. The molecule has 0 amide bonds. The molecule has 2 aromatic carbocycles. The van der Waals surface area contributed by atoms with Crippen LogP contribution in [0.15, 0.2) is 60.9 Å². The second-order valence-corrected chi connectivity index (χ2v) is 6.80. The van der Waals surface area contributed by atoms with Crippen LogP contribution >= 0.6 is 0 Å². The number of fused-ring (bicyclic) bond motifs is 1. The van der Waals surface area contributed by atoms with Gasteiger partial charge < -0.3 is 20.3 Å². The van der Waals surface area contributed by atoms with Crippen molar-refractivity contribution >= 4 is 39.7 Å². The molecular formula is C21H21N7O. The van der Waals surface area contributed by atoms with E-state index in [9.17, 15) is 0 Å². The third-order valence-electron chi connectivity index (χ3n) is 4.90. The van der Waals surface area contributed by atoms with Crippen LogP contribution in [0.4, 0.5) is 28.8 Å². The molecule has 0 atom stereocenters. The number of hydrogen-bond donors (Lipinski definition) is 3. The van der Waals surface area contributed by atoms with Gasteiger partial charge in [0.15, 0.2) is 0 Å². The second kappa shape index (κ2) is 7.76. The molecule has 0 saturated carbocycles. The molecule has 0 radical (unpaired) electrons. The first-order chi connectivity index (χ1) is 14.3. The van der Waals surface area contributed by atoms with E-state index >= 15 is 0 Å². The first-order valence-corrected chi connectivity index (χ1v) is 9.57. The zero-order valence-electron chi connectivity index (χ0n) is 15.8. The summed E-state index contributed by atoms with van der Waals surface area (Å²) in [5, 5.41) is 14.7. The molecule has 3 heterocycles. The molecule has 5 rings (SSSR count). The van der Waals surface area contributed by atoms with Gasteiger partial charge in [0.05, 0.1) is 30.6 Å². The Morgan fingerprint density at radius 1 is 0.966 bits per heavy atom. The minimum atomic E-state index is 0.536. The minimum Gasteiger partial charge on any atom is -0.378 e. The van der Waals surface area contributed by atoms with Gasteiger partial charge >= 0.3 is 0 Å². The monoisotopic (exact) mass is 387 g/mol. The highest BCUT2D eigenvalue weighted by Gasteiger charge is 2.11. The van der Waals surface area contributed by atoms with Crippen molar-refractivity contribution in [3.8, 4) is 0 Å². The topological polar surface area (TPSA) is 91.0 Å². The average Bonchev–Trinajstić information content (AvgIpc) is 3.25. The Labute approximate surface area is 167 Å².